The maximum atomic E-state index is 11.4. The molecule has 0 saturated carbocycles. The van der Waals surface area contributed by atoms with Crippen LogP contribution in [-0.2, 0) is 4.79 Å². The van der Waals surface area contributed by atoms with Crippen molar-refractivity contribution in [1.82, 2.24) is 10.4 Å². The Hall–Kier alpha value is 0.0261. The molecule has 5 heteroatoms. The summed E-state index contributed by atoms with van der Waals surface area (Å²) in [4.78, 5) is 11.4. The van der Waals surface area contributed by atoms with Crippen molar-refractivity contribution in [3.05, 3.63) is 11.8 Å². The zero-order valence-electron chi connectivity index (χ0n) is 10.2. The molecular formula is C11H19N2O2Po. The van der Waals surface area contributed by atoms with Gasteiger partial charge < -0.3 is 0 Å². The SMILES string of the molecule is CC1(C)C=C(NC(=O)[CH2][Po])CC(C)(C)N1O. The summed E-state index contributed by atoms with van der Waals surface area (Å²) in [5, 5.41) is 14.3. The maximum absolute atomic E-state index is 11.4. The average molecular weight is 420 g/mol. The molecule has 1 heterocycles. The molecule has 0 spiro atoms. The Balaban J connectivity index is 2.92. The molecule has 0 unspecified atom stereocenters. The summed E-state index contributed by atoms with van der Waals surface area (Å²) in [7, 11) is 0. The zero-order valence-corrected chi connectivity index (χ0v) is 13.4. The second-order valence-electron chi connectivity index (χ2n) is 5.32. The van der Waals surface area contributed by atoms with E-state index in [-0.39, 0.29) is 11.4 Å². The van der Waals surface area contributed by atoms with E-state index in [0.717, 1.165) is 5.70 Å². The Morgan fingerprint density at radius 3 is 2.56 bits per heavy atom. The van der Waals surface area contributed by atoms with Gasteiger partial charge in [-0.1, -0.05) is 0 Å². The summed E-state index contributed by atoms with van der Waals surface area (Å²) in [6.07, 6.45) is 2.56. The second-order valence-corrected chi connectivity index (χ2v) is 6.44. The van der Waals surface area contributed by atoms with Crippen molar-refractivity contribution in [2.75, 3.05) is 0 Å². The first-order valence-electron chi connectivity index (χ1n) is 5.28. The fourth-order valence-corrected chi connectivity index (χ4v) is 2.44. The summed E-state index contributed by atoms with van der Waals surface area (Å²) >= 11 is 1.26. The molecule has 0 fully saturated rings. The minimum absolute atomic E-state index is 0.0549. The predicted octanol–water partition coefficient (Wildman–Crippen LogP) is 1.23. The van der Waals surface area contributed by atoms with Crippen LogP contribution < -0.4 is 5.32 Å². The molecule has 1 aliphatic heterocycles. The van der Waals surface area contributed by atoms with Crippen LogP contribution >= 0.6 is 0 Å². The molecule has 0 aromatic rings. The minimum atomic E-state index is -0.453. The number of hydrogen-bond donors (Lipinski definition) is 2. The molecule has 0 bridgehead atoms. The van der Waals surface area contributed by atoms with Crippen LogP contribution in [0, 0.1) is 0 Å². The van der Waals surface area contributed by atoms with Gasteiger partial charge in [0, 0.05) is 0 Å². The van der Waals surface area contributed by atoms with Gasteiger partial charge in [0.1, 0.15) is 0 Å². The Labute approximate surface area is 112 Å². The van der Waals surface area contributed by atoms with Gasteiger partial charge in [-0.15, -0.1) is 0 Å². The Morgan fingerprint density at radius 1 is 1.56 bits per heavy atom. The summed E-state index contributed by atoms with van der Waals surface area (Å²) in [6, 6.07) is 0. The normalized spacial score (nSPS) is 23.8. The summed E-state index contributed by atoms with van der Waals surface area (Å²) in [5.41, 5.74) is 0.0958. The van der Waals surface area contributed by atoms with E-state index in [1.165, 1.54) is 30.1 Å². The van der Waals surface area contributed by atoms with Gasteiger partial charge in [-0.25, -0.2) is 0 Å². The molecule has 1 rings (SSSR count). The molecule has 16 heavy (non-hydrogen) atoms. The predicted molar refractivity (Wildman–Crippen MR) is 63.2 cm³/mol. The van der Waals surface area contributed by atoms with Gasteiger partial charge in [0.15, 0.2) is 0 Å². The molecule has 0 atom stereocenters. The number of nitrogens with one attached hydrogen (secondary N) is 1. The third kappa shape index (κ3) is 3.03. The van der Waals surface area contributed by atoms with Crippen molar-refractivity contribution in [2.45, 2.75) is 49.3 Å². The van der Waals surface area contributed by atoms with Crippen LogP contribution in [0.25, 0.3) is 0 Å². The van der Waals surface area contributed by atoms with E-state index in [1.807, 2.05) is 33.8 Å². The zero-order chi connectivity index (χ0) is 12.6. The van der Waals surface area contributed by atoms with E-state index < -0.39 is 5.54 Å². The quantitative estimate of drug-likeness (QED) is 0.707. The summed E-state index contributed by atoms with van der Waals surface area (Å²) in [5.74, 6) is 0.0549. The average Bonchev–Trinajstić information content (AvgIpc) is 2.13. The molecule has 1 aliphatic rings. The molecule has 1 radical (unpaired) electrons. The Morgan fingerprint density at radius 2 is 2.12 bits per heavy atom. The van der Waals surface area contributed by atoms with E-state index >= 15 is 0 Å². The standard InChI is InChI=1S/C11H19N2O2.Po/c1-8(14)12-9-6-10(2,3)13(15)11(4,5)7-9;/h6,15H,1,7H2,2-5H3,(H,12,14);. The fraction of sp³-hybridized carbons (Fsp3) is 0.727. The number of amides is 1. The van der Waals surface area contributed by atoms with Gasteiger partial charge in [-0.05, 0) is 0 Å². The number of hydroxylamine groups is 2. The molecule has 0 aromatic carbocycles. The van der Waals surface area contributed by atoms with E-state index in [0.29, 0.717) is 10.5 Å². The first-order chi connectivity index (χ1) is 7.19. The van der Waals surface area contributed by atoms with Crippen molar-refractivity contribution >= 4 is 31.0 Å². The Kier molecular flexibility index (Phi) is 4.16. The van der Waals surface area contributed by atoms with Crippen molar-refractivity contribution in [2.24, 2.45) is 0 Å². The molecular weight excluding hydrogens is 401 g/mol. The molecule has 0 aliphatic carbocycles. The van der Waals surface area contributed by atoms with Crippen LogP contribution in [0.1, 0.15) is 34.1 Å². The number of rotatable bonds is 2. The van der Waals surface area contributed by atoms with Crippen molar-refractivity contribution in [3.8, 4) is 0 Å². The summed E-state index contributed by atoms with van der Waals surface area (Å²) < 4.78 is 0.557. The van der Waals surface area contributed by atoms with Crippen LogP contribution in [0.15, 0.2) is 11.8 Å². The Bertz CT molecular complexity index is 324. The molecule has 2 N–H and O–H groups in total. The van der Waals surface area contributed by atoms with Crippen molar-refractivity contribution in [3.63, 3.8) is 0 Å². The van der Waals surface area contributed by atoms with E-state index in [4.69, 9.17) is 0 Å². The number of carbonyl (C=O) groups is 1. The van der Waals surface area contributed by atoms with Gasteiger partial charge in [0.25, 0.3) is 0 Å². The molecule has 91 valence electrons. The van der Waals surface area contributed by atoms with Crippen LogP contribution in [0.2, 0.25) is 4.08 Å². The van der Waals surface area contributed by atoms with Gasteiger partial charge >= 0.3 is 112 Å². The number of carbonyl (C=O) groups excluding carboxylic acids is 1. The molecule has 0 saturated heterocycles. The van der Waals surface area contributed by atoms with Gasteiger partial charge in [-0.3, -0.25) is 0 Å². The summed E-state index contributed by atoms with van der Waals surface area (Å²) in [6.45, 7) is 7.78. The third-order valence-electron chi connectivity index (χ3n) is 2.70. The van der Waals surface area contributed by atoms with Crippen LogP contribution in [0.4, 0.5) is 0 Å². The molecule has 1 amide bonds. The van der Waals surface area contributed by atoms with Gasteiger partial charge in [0.05, 0.1) is 0 Å². The monoisotopic (exact) mass is 420 g/mol. The first-order valence-corrected chi connectivity index (χ1v) is 7.52. The molecule has 0 aromatic heterocycles. The number of hydrogen-bond acceptors (Lipinski definition) is 3. The third-order valence-corrected chi connectivity index (χ3v) is 3.72. The van der Waals surface area contributed by atoms with Crippen LogP contribution in [0.5, 0.6) is 0 Å². The van der Waals surface area contributed by atoms with E-state index in [9.17, 15) is 10.0 Å². The topological polar surface area (TPSA) is 52.6 Å². The fourth-order valence-electron chi connectivity index (χ4n) is 2.16. The second kappa shape index (κ2) is 4.72. The van der Waals surface area contributed by atoms with Crippen LogP contribution in [-0.4, -0.2) is 52.3 Å². The van der Waals surface area contributed by atoms with Gasteiger partial charge in [-0.2, -0.15) is 0 Å². The molecule has 4 nitrogen and oxygen atoms in total. The van der Waals surface area contributed by atoms with E-state index in [2.05, 4.69) is 5.32 Å². The van der Waals surface area contributed by atoms with Crippen LogP contribution in [0.3, 0.4) is 0 Å². The van der Waals surface area contributed by atoms with Crippen molar-refractivity contribution < 1.29 is 10.0 Å². The van der Waals surface area contributed by atoms with Gasteiger partial charge in [0.2, 0.25) is 0 Å². The van der Waals surface area contributed by atoms with E-state index in [1.54, 1.807) is 0 Å². The number of nitrogens with zero attached hydrogens (tertiary/aromatic N) is 1. The van der Waals surface area contributed by atoms with Crippen molar-refractivity contribution in [1.29, 1.82) is 0 Å². The first kappa shape index (κ1) is 14.1.